The van der Waals surface area contributed by atoms with Gasteiger partial charge in [-0.25, -0.2) is 0 Å². The normalized spacial score (nSPS) is 12.4. The largest absolute Gasteiger partial charge is 0.484 e. The van der Waals surface area contributed by atoms with Gasteiger partial charge in [0.05, 0.1) is 12.2 Å². The fraction of sp³-hybridized carbons (Fsp3) is 0.474. The van der Waals surface area contributed by atoms with Gasteiger partial charge in [0.2, 0.25) is 0 Å². The van der Waals surface area contributed by atoms with Gasteiger partial charge >= 0.3 is 6.18 Å². The van der Waals surface area contributed by atoms with E-state index in [-0.39, 0.29) is 18.2 Å². The number of hydrogen-bond donors (Lipinski definition) is 2. The zero-order valence-corrected chi connectivity index (χ0v) is 16.4. The van der Waals surface area contributed by atoms with Gasteiger partial charge in [0.1, 0.15) is 5.75 Å². The summed E-state index contributed by atoms with van der Waals surface area (Å²) < 4.78 is 47.6. The smallest absolute Gasteiger partial charge is 0.422 e. The Labute approximate surface area is 162 Å². The van der Waals surface area contributed by atoms with E-state index < -0.39 is 12.8 Å². The number of hydrogen-bond acceptors (Lipinski definition) is 4. The van der Waals surface area contributed by atoms with Crippen molar-refractivity contribution < 1.29 is 22.4 Å². The predicted octanol–water partition coefficient (Wildman–Crippen LogP) is 3.91. The number of alkyl halides is 3. The van der Waals surface area contributed by atoms with Gasteiger partial charge in [-0.15, -0.1) is 0 Å². The van der Waals surface area contributed by atoms with Gasteiger partial charge in [0, 0.05) is 25.2 Å². The van der Waals surface area contributed by atoms with Crippen molar-refractivity contribution in [2.24, 2.45) is 4.99 Å². The molecule has 6 nitrogen and oxygen atoms in total. The molecule has 28 heavy (non-hydrogen) atoms. The van der Waals surface area contributed by atoms with E-state index in [0.717, 1.165) is 11.3 Å². The third kappa shape index (κ3) is 6.79. The molecule has 2 N–H and O–H groups in total. The number of halogens is 3. The summed E-state index contributed by atoms with van der Waals surface area (Å²) in [4.78, 5) is 4.10. The summed E-state index contributed by atoms with van der Waals surface area (Å²) in [5.41, 5.74) is 2.28. The highest BCUT2D eigenvalue weighted by atomic mass is 19.4. The summed E-state index contributed by atoms with van der Waals surface area (Å²) in [6.07, 6.45) is -4.39. The minimum absolute atomic E-state index is 0.192. The number of guanidine groups is 1. The monoisotopic (exact) mass is 398 g/mol. The minimum atomic E-state index is -4.39. The Morgan fingerprint density at radius 2 is 1.93 bits per heavy atom. The van der Waals surface area contributed by atoms with Crippen molar-refractivity contribution in [2.75, 3.05) is 13.7 Å². The highest BCUT2D eigenvalue weighted by Crippen LogP contribution is 2.23. The first-order chi connectivity index (χ1) is 13.2. The third-order valence-electron chi connectivity index (χ3n) is 3.88. The summed E-state index contributed by atoms with van der Waals surface area (Å²) in [7, 11) is 1.60. The zero-order valence-electron chi connectivity index (χ0n) is 16.4. The quantitative estimate of drug-likeness (QED) is 0.547. The molecule has 9 heteroatoms. The van der Waals surface area contributed by atoms with Crippen LogP contribution in [0.15, 0.2) is 33.8 Å². The van der Waals surface area contributed by atoms with Crippen molar-refractivity contribution in [2.45, 2.75) is 46.0 Å². The average Bonchev–Trinajstić information content (AvgIpc) is 3.10. The molecule has 0 saturated carbocycles. The molecule has 0 fully saturated rings. The van der Waals surface area contributed by atoms with Crippen molar-refractivity contribution in [1.82, 2.24) is 15.8 Å². The molecule has 154 valence electrons. The van der Waals surface area contributed by atoms with E-state index >= 15 is 0 Å². The van der Waals surface area contributed by atoms with E-state index in [1.807, 2.05) is 26.0 Å². The summed E-state index contributed by atoms with van der Waals surface area (Å²) in [6, 6.07) is 7.00. The van der Waals surface area contributed by atoms with Gasteiger partial charge in [0.15, 0.2) is 18.3 Å². The number of ether oxygens (including phenoxy) is 1. The lowest BCUT2D eigenvalue weighted by atomic mass is 10.1. The van der Waals surface area contributed by atoms with E-state index in [4.69, 9.17) is 9.26 Å². The second-order valence-corrected chi connectivity index (χ2v) is 6.67. The van der Waals surface area contributed by atoms with Gasteiger partial charge in [0.25, 0.3) is 0 Å². The standard InChI is InChI=1S/C19H25F3N4O2/c1-12(2)16-8-15(28-26-16)10-25-18(23-4)24-9-14-6-5-13(3)7-17(14)27-11-19(20,21)22/h5-8,12H,9-11H2,1-4H3,(H2,23,24,25). The number of aryl methyl sites for hydroxylation is 1. The molecule has 2 rings (SSSR count). The van der Waals surface area contributed by atoms with E-state index in [1.165, 1.54) is 0 Å². The minimum Gasteiger partial charge on any atom is -0.484 e. The predicted molar refractivity (Wildman–Crippen MR) is 100 cm³/mol. The van der Waals surface area contributed by atoms with Gasteiger partial charge in [-0.1, -0.05) is 31.1 Å². The topological polar surface area (TPSA) is 71.7 Å². The summed E-state index contributed by atoms with van der Waals surface area (Å²) in [5.74, 6) is 1.60. The van der Waals surface area contributed by atoms with Gasteiger partial charge in [-0.3, -0.25) is 4.99 Å². The first-order valence-electron chi connectivity index (χ1n) is 8.87. The van der Waals surface area contributed by atoms with Crippen LogP contribution >= 0.6 is 0 Å². The Balaban J connectivity index is 1.95. The van der Waals surface area contributed by atoms with Crippen molar-refractivity contribution in [3.8, 4) is 5.75 Å². The lowest BCUT2D eigenvalue weighted by Crippen LogP contribution is -2.36. The van der Waals surface area contributed by atoms with E-state index in [0.29, 0.717) is 23.8 Å². The van der Waals surface area contributed by atoms with Crippen LogP contribution in [0.2, 0.25) is 0 Å². The van der Waals surface area contributed by atoms with Crippen LogP contribution in [0.1, 0.15) is 42.3 Å². The third-order valence-corrected chi connectivity index (χ3v) is 3.88. The van der Waals surface area contributed by atoms with E-state index in [2.05, 4.69) is 20.8 Å². The Hall–Kier alpha value is -2.71. The Bertz CT molecular complexity index is 801. The summed E-state index contributed by atoms with van der Waals surface area (Å²) in [5, 5.41) is 10.1. The zero-order chi connectivity index (χ0) is 20.7. The lowest BCUT2D eigenvalue weighted by Gasteiger charge is -2.16. The van der Waals surface area contributed by atoms with Crippen LogP contribution in [-0.2, 0) is 13.1 Å². The second-order valence-electron chi connectivity index (χ2n) is 6.67. The van der Waals surface area contributed by atoms with Crippen LogP contribution in [0, 0.1) is 6.92 Å². The van der Waals surface area contributed by atoms with Crippen LogP contribution in [0.25, 0.3) is 0 Å². The SMILES string of the molecule is CN=C(NCc1cc(C(C)C)no1)NCc1ccc(C)cc1OCC(F)(F)F. The Kier molecular flexibility index (Phi) is 7.31. The maximum Gasteiger partial charge on any atom is 0.422 e. The summed E-state index contributed by atoms with van der Waals surface area (Å²) in [6.45, 7) is 5.14. The molecule has 1 heterocycles. The molecule has 0 unspecified atom stereocenters. The molecule has 0 bridgehead atoms. The molecule has 0 aliphatic heterocycles. The fourth-order valence-corrected chi connectivity index (χ4v) is 2.36. The van der Waals surface area contributed by atoms with E-state index in [9.17, 15) is 13.2 Å². The number of aromatic nitrogens is 1. The average molecular weight is 398 g/mol. The van der Waals surface area contributed by atoms with Crippen LogP contribution in [-0.4, -0.2) is 30.9 Å². The first-order valence-corrected chi connectivity index (χ1v) is 8.87. The van der Waals surface area contributed by atoms with Crippen molar-refractivity contribution in [3.63, 3.8) is 0 Å². The summed E-state index contributed by atoms with van der Waals surface area (Å²) >= 11 is 0. The molecule has 0 radical (unpaired) electrons. The van der Waals surface area contributed by atoms with Crippen LogP contribution in [0.3, 0.4) is 0 Å². The van der Waals surface area contributed by atoms with Gasteiger partial charge < -0.3 is 19.9 Å². The molecule has 1 aromatic carbocycles. The Morgan fingerprint density at radius 3 is 2.54 bits per heavy atom. The first kappa shape index (κ1) is 21.6. The fourth-order valence-electron chi connectivity index (χ4n) is 2.36. The van der Waals surface area contributed by atoms with Crippen LogP contribution in [0.5, 0.6) is 5.75 Å². The molecule has 1 aromatic heterocycles. The number of benzene rings is 1. The lowest BCUT2D eigenvalue weighted by molar-refractivity contribution is -0.153. The maximum absolute atomic E-state index is 12.5. The highest BCUT2D eigenvalue weighted by Gasteiger charge is 2.28. The molecule has 2 aromatic rings. The molecule has 0 atom stereocenters. The van der Waals surface area contributed by atoms with Gasteiger partial charge in [-0.2, -0.15) is 13.2 Å². The number of nitrogens with zero attached hydrogens (tertiary/aromatic N) is 2. The molecule has 0 aliphatic carbocycles. The molecule has 0 aliphatic rings. The molecule has 0 spiro atoms. The number of nitrogens with one attached hydrogen (secondary N) is 2. The number of rotatable bonds is 7. The molecular weight excluding hydrogens is 373 g/mol. The van der Waals surface area contributed by atoms with Crippen molar-refractivity contribution >= 4 is 5.96 Å². The maximum atomic E-state index is 12.5. The molecular formula is C19H25F3N4O2. The molecule has 0 saturated heterocycles. The van der Waals surface area contributed by atoms with Crippen LogP contribution in [0.4, 0.5) is 13.2 Å². The van der Waals surface area contributed by atoms with Crippen molar-refractivity contribution in [3.05, 3.63) is 46.8 Å². The second kappa shape index (κ2) is 9.48. The molecule has 0 amide bonds. The van der Waals surface area contributed by atoms with Gasteiger partial charge in [-0.05, 0) is 24.5 Å². The number of aliphatic imine (C=N–C) groups is 1. The highest BCUT2D eigenvalue weighted by molar-refractivity contribution is 5.79. The Morgan fingerprint density at radius 1 is 1.21 bits per heavy atom. The van der Waals surface area contributed by atoms with E-state index in [1.54, 1.807) is 26.1 Å². The van der Waals surface area contributed by atoms with Crippen LogP contribution < -0.4 is 15.4 Å². The van der Waals surface area contributed by atoms with Crippen molar-refractivity contribution in [1.29, 1.82) is 0 Å².